The maximum atomic E-state index is 5.70. The standard InChI is InChI=1S/C15H23NO/c1-10-6-5-7-14(12(10)3)15(16-4)13-8-11(2)17-9-13/h5-7,11,13,15-16H,8-9H2,1-4H3. The number of aryl methyl sites for hydroxylation is 1. The molecule has 0 radical (unpaired) electrons. The molecule has 2 heteroatoms. The zero-order valence-corrected chi connectivity index (χ0v) is 11.3. The van der Waals surface area contributed by atoms with Crippen LogP contribution >= 0.6 is 0 Å². The Bertz CT molecular complexity index is 389. The Morgan fingerprint density at radius 2 is 2.12 bits per heavy atom. The van der Waals surface area contributed by atoms with Crippen LogP contribution in [0.5, 0.6) is 0 Å². The summed E-state index contributed by atoms with van der Waals surface area (Å²) in [5.74, 6) is 0.593. The molecule has 1 aliphatic rings. The van der Waals surface area contributed by atoms with Gasteiger partial charge in [0.1, 0.15) is 0 Å². The van der Waals surface area contributed by atoms with E-state index in [0.29, 0.717) is 18.1 Å². The molecular weight excluding hydrogens is 210 g/mol. The van der Waals surface area contributed by atoms with E-state index in [-0.39, 0.29) is 0 Å². The van der Waals surface area contributed by atoms with Crippen molar-refractivity contribution < 1.29 is 4.74 Å². The van der Waals surface area contributed by atoms with E-state index in [2.05, 4.69) is 51.3 Å². The van der Waals surface area contributed by atoms with Gasteiger partial charge in [0.2, 0.25) is 0 Å². The molecule has 94 valence electrons. The van der Waals surface area contributed by atoms with Gasteiger partial charge in [0.15, 0.2) is 0 Å². The van der Waals surface area contributed by atoms with Crippen molar-refractivity contribution in [2.24, 2.45) is 5.92 Å². The summed E-state index contributed by atoms with van der Waals surface area (Å²) in [5.41, 5.74) is 4.20. The minimum absolute atomic E-state index is 0.404. The van der Waals surface area contributed by atoms with E-state index in [9.17, 15) is 0 Å². The second kappa shape index (κ2) is 5.19. The molecule has 3 atom stereocenters. The summed E-state index contributed by atoms with van der Waals surface area (Å²) in [6, 6.07) is 6.99. The molecule has 0 aliphatic carbocycles. The van der Waals surface area contributed by atoms with Gasteiger partial charge in [0, 0.05) is 12.0 Å². The molecule has 17 heavy (non-hydrogen) atoms. The van der Waals surface area contributed by atoms with Crippen LogP contribution in [0.3, 0.4) is 0 Å². The van der Waals surface area contributed by atoms with Gasteiger partial charge in [-0.3, -0.25) is 0 Å². The van der Waals surface area contributed by atoms with E-state index in [0.717, 1.165) is 13.0 Å². The average molecular weight is 233 g/mol. The highest BCUT2D eigenvalue weighted by molar-refractivity contribution is 5.35. The molecule has 3 unspecified atom stereocenters. The highest BCUT2D eigenvalue weighted by Crippen LogP contribution is 2.33. The predicted octanol–water partition coefficient (Wildman–Crippen LogP) is 2.99. The third kappa shape index (κ3) is 2.53. The molecular formula is C15H23NO. The van der Waals surface area contributed by atoms with Crippen LogP contribution < -0.4 is 5.32 Å². The van der Waals surface area contributed by atoms with E-state index < -0.39 is 0 Å². The molecule has 2 nitrogen and oxygen atoms in total. The van der Waals surface area contributed by atoms with Gasteiger partial charge < -0.3 is 10.1 Å². The maximum absolute atomic E-state index is 5.70. The SMILES string of the molecule is CNC(c1cccc(C)c1C)C1COC(C)C1. The minimum Gasteiger partial charge on any atom is -0.378 e. The van der Waals surface area contributed by atoms with Gasteiger partial charge in [0.05, 0.1) is 12.7 Å². The number of hydrogen-bond acceptors (Lipinski definition) is 2. The van der Waals surface area contributed by atoms with Crippen molar-refractivity contribution in [3.8, 4) is 0 Å². The third-order valence-corrected chi connectivity index (χ3v) is 3.99. The van der Waals surface area contributed by atoms with Crippen molar-refractivity contribution >= 4 is 0 Å². The Morgan fingerprint density at radius 3 is 2.71 bits per heavy atom. The Labute approximate surface area is 104 Å². The summed E-state index contributed by atoms with van der Waals surface area (Å²) in [6.45, 7) is 7.43. The molecule has 1 aromatic rings. The zero-order valence-electron chi connectivity index (χ0n) is 11.3. The van der Waals surface area contributed by atoms with Gasteiger partial charge in [-0.1, -0.05) is 18.2 Å². The van der Waals surface area contributed by atoms with Crippen LogP contribution in [-0.4, -0.2) is 19.8 Å². The van der Waals surface area contributed by atoms with Crippen LogP contribution in [0, 0.1) is 19.8 Å². The van der Waals surface area contributed by atoms with Crippen molar-refractivity contribution in [3.63, 3.8) is 0 Å². The van der Waals surface area contributed by atoms with E-state index in [1.165, 1.54) is 16.7 Å². The summed E-state index contributed by atoms with van der Waals surface area (Å²) in [5, 5.41) is 3.47. The lowest BCUT2D eigenvalue weighted by Gasteiger charge is -2.25. The molecule has 0 spiro atoms. The fourth-order valence-electron chi connectivity index (χ4n) is 2.84. The smallest absolute Gasteiger partial charge is 0.0551 e. The molecule has 1 fully saturated rings. The molecule has 1 saturated heterocycles. The molecule has 1 aromatic carbocycles. The minimum atomic E-state index is 0.404. The van der Waals surface area contributed by atoms with Gasteiger partial charge in [-0.15, -0.1) is 0 Å². The van der Waals surface area contributed by atoms with E-state index in [1.54, 1.807) is 0 Å². The van der Waals surface area contributed by atoms with Crippen molar-refractivity contribution in [3.05, 3.63) is 34.9 Å². The van der Waals surface area contributed by atoms with Gasteiger partial charge >= 0.3 is 0 Å². The lowest BCUT2D eigenvalue weighted by Crippen LogP contribution is -2.26. The maximum Gasteiger partial charge on any atom is 0.0551 e. The van der Waals surface area contributed by atoms with Crippen LogP contribution in [0.15, 0.2) is 18.2 Å². The lowest BCUT2D eigenvalue weighted by atomic mass is 9.87. The number of rotatable bonds is 3. The molecule has 2 rings (SSSR count). The summed E-state index contributed by atoms with van der Waals surface area (Å²) >= 11 is 0. The fraction of sp³-hybridized carbons (Fsp3) is 0.600. The summed E-state index contributed by atoms with van der Waals surface area (Å²) in [4.78, 5) is 0. The fourth-order valence-corrected chi connectivity index (χ4v) is 2.84. The third-order valence-electron chi connectivity index (χ3n) is 3.99. The average Bonchev–Trinajstić information content (AvgIpc) is 2.72. The lowest BCUT2D eigenvalue weighted by molar-refractivity contribution is 0.117. The predicted molar refractivity (Wildman–Crippen MR) is 71.2 cm³/mol. The highest BCUT2D eigenvalue weighted by atomic mass is 16.5. The molecule has 1 heterocycles. The normalized spacial score (nSPS) is 26.1. The monoisotopic (exact) mass is 233 g/mol. The summed E-state index contributed by atoms with van der Waals surface area (Å²) in [7, 11) is 2.05. The van der Waals surface area contributed by atoms with E-state index in [4.69, 9.17) is 4.74 Å². The van der Waals surface area contributed by atoms with Crippen LogP contribution in [0.2, 0.25) is 0 Å². The Kier molecular flexibility index (Phi) is 3.85. The number of benzene rings is 1. The number of nitrogens with one attached hydrogen (secondary N) is 1. The first-order valence-electron chi connectivity index (χ1n) is 6.48. The first-order valence-corrected chi connectivity index (χ1v) is 6.48. The molecule has 0 amide bonds. The summed E-state index contributed by atoms with van der Waals surface area (Å²) in [6.07, 6.45) is 1.56. The van der Waals surface area contributed by atoms with Gasteiger partial charge in [-0.25, -0.2) is 0 Å². The van der Waals surface area contributed by atoms with Gasteiger partial charge in [0.25, 0.3) is 0 Å². The van der Waals surface area contributed by atoms with Crippen molar-refractivity contribution in [2.75, 3.05) is 13.7 Å². The number of ether oxygens (including phenoxy) is 1. The molecule has 1 N–H and O–H groups in total. The Hall–Kier alpha value is -0.860. The quantitative estimate of drug-likeness (QED) is 0.866. The largest absolute Gasteiger partial charge is 0.378 e. The van der Waals surface area contributed by atoms with Gasteiger partial charge in [-0.05, 0) is 50.9 Å². The van der Waals surface area contributed by atoms with Crippen molar-refractivity contribution in [1.29, 1.82) is 0 Å². The topological polar surface area (TPSA) is 21.3 Å². The first-order chi connectivity index (χ1) is 8.13. The second-order valence-corrected chi connectivity index (χ2v) is 5.20. The van der Waals surface area contributed by atoms with E-state index in [1.807, 2.05) is 0 Å². The Balaban J connectivity index is 2.26. The molecule has 0 bridgehead atoms. The van der Waals surface area contributed by atoms with Crippen molar-refractivity contribution in [1.82, 2.24) is 5.32 Å². The van der Waals surface area contributed by atoms with Gasteiger partial charge in [-0.2, -0.15) is 0 Å². The molecule has 1 aliphatic heterocycles. The Morgan fingerprint density at radius 1 is 1.35 bits per heavy atom. The zero-order chi connectivity index (χ0) is 12.4. The summed E-state index contributed by atoms with van der Waals surface area (Å²) < 4.78 is 5.70. The van der Waals surface area contributed by atoms with E-state index >= 15 is 0 Å². The molecule has 0 aromatic heterocycles. The molecule has 0 saturated carbocycles. The second-order valence-electron chi connectivity index (χ2n) is 5.20. The van der Waals surface area contributed by atoms with Crippen molar-refractivity contribution in [2.45, 2.75) is 39.3 Å². The first kappa shape index (κ1) is 12.6. The van der Waals surface area contributed by atoms with Crippen LogP contribution in [0.4, 0.5) is 0 Å². The van der Waals surface area contributed by atoms with Crippen LogP contribution in [0.25, 0.3) is 0 Å². The highest BCUT2D eigenvalue weighted by Gasteiger charge is 2.30. The van der Waals surface area contributed by atoms with Crippen LogP contribution in [0.1, 0.15) is 36.1 Å². The number of hydrogen-bond donors (Lipinski definition) is 1. The van der Waals surface area contributed by atoms with Crippen LogP contribution in [-0.2, 0) is 4.74 Å².